The molecule has 1 fully saturated rings. The first-order valence-corrected chi connectivity index (χ1v) is 4.67. The van der Waals surface area contributed by atoms with Gasteiger partial charge < -0.3 is 9.29 Å². The van der Waals surface area contributed by atoms with E-state index >= 15 is 0 Å². The van der Waals surface area contributed by atoms with Gasteiger partial charge in [0, 0.05) is 19.0 Å². The minimum absolute atomic E-state index is 0. The average molecular weight is 186 g/mol. The fraction of sp³-hybridized carbons (Fsp3) is 1.00. The van der Waals surface area contributed by atoms with Gasteiger partial charge in [0.2, 0.25) is 0 Å². The van der Waals surface area contributed by atoms with Crippen molar-refractivity contribution in [1.29, 1.82) is 0 Å². The predicted octanol–water partition coefficient (Wildman–Crippen LogP) is -2.70. The van der Waals surface area contributed by atoms with E-state index in [1.165, 1.54) is 0 Å². The van der Waals surface area contributed by atoms with Gasteiger partial charge in [-0.05, 0) is 18.8 Å². The molecule has 0 radical (unpaired) electrons. The van der Waals surface area contributed by atoms with Gasteiger partial charge in [-0.15, -0.1) is 0 Å². The zero-order valence-corrected chi connectivity index (χ0v) is 9.56. The van der Waals surface area contributed by atoms with Gasteiger partial charge in [-0.25, -0.2) is 0 Å². The monoisotopic (exact) mass is 186 g/mol. The van der Waals surface area contributed by atoms with Gasteiger partial charge in [0.25, 0.3) is 0 Å². The Morgan fingerprint density at radius 2 is 2.36 bits per heavy atom. The molecule has 0 amide bonds. The van der Waals surface area contributed by atoms with E-state index in [9.17, 15) is 8.76 Å². The predicted molar refractivity (Wildman–Crippen MR) is 37.3 cm³/mol. The molecule has 0 saturated carbocycles. The van der Waals surface area contributed by atoms with Crippen LogP contribution in [0.3, 0.4) is 0 Å². The maximum atomic E-state index is 10.1. The molecule has 0 aromatic carbocycles. The molecule has 1 aliphatic heterocycles. The molecule has 0 spiro atoms. The van der Waals surface area contributed by atoms with E-state index in [0.717, 1.165) is 26.1 Å². The summed E-state index contributed by atoms with van der Waals surface area (Å²) in [6, 6.07) is 0. The molecule has 1 saturated heterocycles. The van der Waals surface area contributed by atoms with Crippen LogP contribution in [0.4, 0.5) is 0 Å². The first-order valence-electron chi connectivity index (χ1n) is 3.42. The molecule has 1 rings (SSSR count). The van der Waals surface area contributed by atoms with Gasteiger partial charge in [-0.2, -0.15) is 0 Å². The minimum Gasteiger partial charge on any atom is -0.772 e. The SMILES string of the molecule is O=S([O-])CCC1CCOC1.[Na+]. The summed E-state index contributed by atoms with van der Waals surface area (Å²) in [6.07, 6.45) is 1.79. The van der Waals surface area contributed by atoms with Crippen molar-refractivity contribution in [2.45, 2.75) is 12.8 Å². The van der Waals surface area contributed by atoms with Crippen LogP contribution in [0, 0.1) is 5.92 Å². The van der Waals surface area contributed by atoms with E-state index in [1.54, 1.807) is 0 Å². The first-order chi connectivity index (χ1) is 4.79. The Morgan fingerprint density at radius 1 is 1.64 bits per heavy atom. The zero-order chi connectivity index (χ0) is 7.40. The molecule has 2 atom stereocenters. The molecule has 0 aromatic rings. The summed E-state index contributed by atoms with van der Waals surface area (Å²) in [5, 5.41) is 0. The Balaban J connectivity index is 0.000001000. The Hall–Kier alpha value is 1.07. The van der Waals surface area contributed by atoms with Crippen molar-refractivity contribution in [2.75, 3.05) is 19.0 Å². The molecular formula is C6H11NaO3S. The fourth-order valence-corrected chi connectivity index (χ4v) is 1.60. The molecule has 11 heavy (non-hydrogen) atoms. The smallest absolute Gasteiger partial charge is 0.772 e. The number of rotatable bonds is 3. The van der Waals surface area contributed by atoms with Crippen LogP contribution in [0.25, 0.3) is 0 Å². The summed E-state index contributed by atoms with van der Waals surface area (Å²) < 4.78 is 25.3. The van der Waals surface area contributed by atoms with Crippen LogP contribution in [0.5, 0.6) is 0 Å². The van der Waals surface area contributed by atoms with E-state index < -0.39 is 11.1 Å². The summed E-state index contributed by atoms with van der Waals surface area (Å²) >= 11 is -1.87. The van der Waals surface area contributed by atoms with Gasteiger partial charge in [-0.3, -0.25) is 4.21 Å². The van der Waals surface area contributed by atoms with E-state index in [0.29, 0.717) is 5.92 Å². The zero-order valence-electron chi connectivity index (χ0n) is 6.75. The van der Waals surface area contributed by atoms with Crippen LogP contribution < -0.4 is 29.6 Å². The Kier molecular flexibility index (Phi) is 7.21. The third-order valence-corrected chi connectivity index (χ3v) is 2.29. The van der Waals surface area contributed by atoms with Crippen LogP contribution >= 0.6 is 0 Å². The molecule has 5 heteroatoms. The van der Waals surface area contributed by atoms with Gasteiger partial charge in [0.05, 0.1) is 0 Å². The second-order valence-corrected chi connectivity index (χ2v) is 3.54. The summed E-state index contributed by atoms with van der Waals surface area (Å²) in [5.74, 6) is 0.770. The van der Waals surface area contributed by atoms with E-state index in [-0.39, 0.29) is 35.3 Å². The third-order valence-electron chi connectivity index (χ3n) is 1.72. The van der Waals surface area contributed by atoms with Crippen LogP contribution in [-0.2, 0) is 15.8 Å². The molecule has 0 aromatic heterocycles. The maximum Gasteiger partial charge on any atom is 1.00 e. The normalized spacial score (nSPS) is 26.1. The summed E-state index contributed by atoms with van der Waals surface area (Å²) in [7, 11) is 0. The standard InChI is InChI=1S/C6H12O3S.Na/c7-10(8)4-2-6-1-3-9-5-6;/h6H,1-5H2,(H,7,8);/q;+1/p-1. The largest absolute Gasteiger partial charge is 1.00 e. The second kappa shape index (κ2) is 6.57. The molecule has 0 bridgehead atoms. The van der Waals surface area contributed by atoms with Crippen LogP contribution in [-0.4, -0.2) is 27.7 Å². The second-order valence-electron chi connectivity index (χ2n) is 2.53. The quantitative estimate of drug-likeness (QED) is 0.356. The molecule has 1 aliphatic rings. The number of ether oxygens (including phenoxy) is 1. The molecule has 0 aliphatic carbocycles. The maximum absolute atomic E-state index is 10.1. The van der Waals surface area contributed by atoms with Gasteiger partial charge in [0.15, 0.2) is 0 Å². The average Bonchev–Trinajstić information content (AvgIpc) is 2.34. The van der Waals surface area contributed by atoms with Crippen molar-refractivity contribution in [2.24, 2.45) is 5.92 Å². The van der Waals surface area contributed by atoms with E-state index in [1.807, 2.05) is 0 Å². The topological polar surface area (TPSA) is 49.4 Å². The number of hydrogen-bond donors (Lipinski definition) is 0. The van der Waals surface area contributed by atoms with Gasteiger partial charge >= 0.3 is 29.6 Å². The van der Waals surface area contributed by atoms with Crippen molar-refractivity contribution in [3.05, 3.63) is 0 Å². The van der Waals surface area contributed by atoms with Gasteiger partial charge in [-0.1, -0.05) is 11.1 Å². The summed E-state index contributed by atoms with van der Waals surface area (Å²) in [6.45, 7) is 1.55. The van der Waals surface area contributed by atoms with Crippen molar-refractivity contribution in [3.8, 4) is 0 Å². The van der Waals surface area contributed by atoms with Crippen molar-refractivity contribution >= 4 is 11.1 Å². The van der Waals surface area contributed by atoms with Crippen molar-refractivity contribution in [1.82, 2.24) is 0 Å². The molecular weight excluding hydrogens is 175 g/mol. The number of hydrogen-bond acceptors (Lipinski definition) is 3. The van der Waals surface area contributed by atoms with E-state index in [4.69, 9.17) is 4.74 Å². The minimum atomic E-state index is -1.87. The third kappa shape index (κ3) is 5.33. The van der Waals surface area contributed by atoms with Crippen LogP contribution in [0.15, 0.2) is 0 Å². The van der Waals surface area contributed by atoms with Crippen molar-refractivity contribution in [3.63, 3.8) is 0 Å². The fourth-order valence-electron chi connectivity index (χ4n) is 1.07. The van der Waals surface area contributed by atoms with Crippen molar-refractivity contribution < 1.29 is 43.1 Å². The molecule has 0 N–H and O–H groups in total. The summed E-state index contributed by atoms with van der Waals surface area (Å²) in [4.78, 5) is 0. The van der Waals surface area contributed by atoms with Gasteiger partial charge in [0.1, 0.15) is 0 Å². The molecule has 1 heterocycles. The Bertz CT molecular complexity index is 125. The Morgan fingerprint density at radius 3 is 2.82 bits per heavy atom. The van der Waals surface area contributed by atoms with E-state index in [2.05, 4.69) is 0 Å². The molecule has 60 valence electrons. The first kappa shape index (κ1) is 12.1. The molecule has 3 nitrogen and oxygen atoms in total. The Labute approximate surface area is 91.5 Å². The molecule has 2 unspecified atom stereocenters. The summed E-state index contributed by atoms with van der Waals surface area (Å²) in [5.41, 5.74) is 0. The van der Waals surface area contributed by atoms with Crippen LogP contribution in [0.1, 0.15) is 12.8 Å². The van der Waals surface area contributed by atoms with Crippen LogP contribution in [0.2, 0.25) is 0 Å².